The van der Waals surface area contributed by atoms with E-state index in [2.05, 4.69) is 0 Å². The van der Waals surface area contributed by atoms with Gasteiger partial charge in [0.15, 0.2) is 5.78 Å². The van der Waals surface area contributed by atoms with Crippen LogP contribution in [0.5, 0.6) is 0 Å². The molecule has 2 aromatic rings. The first-order valence-electron chi connectivity index (χ1n) is 10.3. The molecule has 2 aromatic carbocycles. The van der Waals surface area contributed by atoms with Crippen molar-refractivity contribution in [3.05, 3.63) is 88.1 Å². The van der Waals surface area contributed by atoms with Gasteiger partial charge in [-0.2, -0.15) is 0 Å². The lowest BCUT2D eigenvalue weighted by molar-refractivity contribution is -0.384. The Labute approximate surface area is 181 Å². The molecular weight excluding hydrogens is 396 g/mol. The van der Waals surface area contributed by atoms with Crippen molar-refractivity contribution in [3.63, 3.8) is 0 Å². The maximum absolute atomic E-state index is 13.1. The van der Waals surface area contributed by atoms with Gasteiger partial charge in [0.1, 0.15) is 12.6 Å². The van der Waals surface area contributed by atoms with E-state index in [-0.39, 0.29) is 36.4 Å². The number of ketones is 1. The van der Waals surface area contributed by atoms with Crippen molar-refractivity contribution in [3.8, 4) is 0 Å². The van der Waals surface area contributed by atoms with Gasteiger partial charge in [-0.3, -0.25) is 14.9 Å². The van der Waals surface area contributed by atoms with Crippen LogP contribution in [0.25, 0.3) is 0 Å². The summed E-state index contributed by atoms with van der Waals surface area (Å²) in [5.74, 6) is -0.439. The van der Waals surface area contributed by atoms with Gasteiger partial charge in [0.05, 0.1) is 11.0 Å². The SMILES string of the molecule is CC[C@H](C)[C@@H](C(=O)OCc1ccccc1)N1C=CC(=O)C[C@@H]1c1ccc([N+](=O)[O-])cc1. The summed E-state index contributed by atoms with van der Waals surface area (Å²) in [6.45, 7) is 4.15. The molecule has 0 aliphatic carbocycles. The van der Waals surface area contributed by atoms with Gasteiger partial charge in [-0.1, -0.05) is 62.7 Å². The maximum atomic E-state index is 13.1. The van der Waals surface area contributed by atoms with Gasteiger partial charge < -0.3 is 9.64 Å². The number of non-ortho nitro benzene ring substituents is 1. The maximum Gasteiger partial charge on any atom is 0.329 e. The number of rotatable bonds is 8. The second-order valence-corrected chi connectivity index (χ2v) is 7.72. The number of ether oxygens (including phenoxy) is 1. The summed E-state index contributed by atoms with van der Waals surface area (Å²) in [5, 5.41) is 11.0. The zero-order valence-electron chi connectivity index (χ0n) is 17.6. The van der Waals surface area contributed by atoms with E-state index >= 15 is 0 Å². The molecule has 0 fully saturated rings. The van der Waals surface area contributed by atoms with Crippen molar-refractivity contribution in [1.29, 1.82) is 0 Å². The largest absolute Gasteiger partial charge is 0.459 e. The summed E-state index contributed by atoms with van der Waals surface area (Å²) in [7, 11) is 0. The fourth-order valence-electron chi connectivity index (χ4n) is 3.72. The fraction of sp³-hybridized carbons (Fsp3) is 0.333. The van der Waals surface area contributed by atoms with Crippen molar-refractivity contribution in [2.45, 2.75) is 45.4 Å². The lowest BCUT2D eigenvalue weighted by Gasteiger charge is -2.40. The first kappa shape index (κ1) is 22.2. The monoisotopic (exact) mass is 422 g/mol. The van der Waals surface area contributed by atoms with Crippen LogP contribution in [-0.4, -0.2) is 27.6 Å². The van der Waals surface area contributed by atoms with Crippen LogP contribution < -0.4 is 0 Å². The summed E-state index contributed by atoms with van der Waals surface area (Å²) >= 11 is 0. The van der Waals surface area contributed by atoms with E-state index in [0.717, 1.165) is 17.5 Å². The first-order valence-corrected chi connectivity index (χ1v) is 10.3. The second-order valence-electron chi connectivity index (χ2n) is 7.72. The average Bonchev–Trinajstić information content (AvgIpc) is 2.79. The number of carbonyl (C=O) groups excluding carboxylic acids is 2. The average molecular weight is 422 g/mol. The van der Waals surface area contributed by atoms with Crippen molar-refractivity contribution < 1.29 is 19.2 Å². The molecule has 0 radical (unpaired) electrons. The zero-order chi connectivity index (χ0) is 22.4. The topological polar surface area (TPSA) is 89.8 Å². The quantitative estimate of drug-likeness (QED) is 0.351. The summed E-state index contributed by atoms with van der Waals surface area (Å²) in [6, 6.07) is 14.6. The van der Waals surface area contributed by atoms with Crippen LogP contribution in [0.4, 0.5) is 5.69 Å². The smallest absolute Gasteiger partial charge is 0.329 e. The van der Waals surface area contributed by atoms with Gasteiger partial charge in [0, 0.05) is 24.8 Å². The Morgan fingerprint density at radius 2 is 1.87 bits per heavy atom. The number of hydrogen-bond acceptors (Lipinski definition) is 6. The third-order valence-electron chi connectivity index (χ3n) is 5.65. The second kappa shape index (κ2) is 10.0. The highest BCUT2D eigenvalue weighted by atomic mass is 16.6. The molecule has 0 amide bonds. The molecule has 0 saturated heterocycles. The van der Waals surface area contributed by atoms with E-state index in [1.165, 1.54) is 18.2 Å². The van der Waals surface area contributed by atoms with E-state index in [9.17, 15) is 19.7 Å². The molecule has 0 spiro atoms. The predicted octanol–water partition coefficient (Wildman–Crippen LogP) is 4.58. The highest BCUT2D eigenvalue weighted by molar-refractivity contribution is 5.91. The van der Waals surface area contributed by atoms with E-state index in [1.807, 2.05) is 49.1 Å². The normalized spacial score (nSPS) is 17.8. The predicted molar refractivity (Wildman–Crippen MR) is 116 cm³/mol. The van der Waals surface area contributed by atoms with Crippen LogP contribution in [-0.2, 0) is 20.9 Å². The molecule has 1 aliphatic rings. The van der Waals surface area contributed by atoms with E-state index in [1.54, 1.807) is 18.3 Å². The van der Waals surface area contributed by atoms with Gasteiger partial charge in [-0.05, 0) is 23.1 Å². The van der Waals surface area contributed by atoms with E-state index < -0.39 is 17.0 Å². The number of benzene rings is 2. The van der Waals surface area contributed by atoms with Gasteiger partial charge in [-0.15, -0.1) is 0 Å². The van der Waals surface area contributed by atoms with E-state index in [0.29, 0.717) is 0 Å². The minimum Gasteiger partial charge on any atom is -0.459 e. The summed E-state index contributed by atoms with van der Waals surface area (Å²) in [6.07, 6.45) is 4.06. The molecule has 7 nitrogen and oxygen atoms in total. The van der Waals surface area contributed by atoms with Crippen LogP contribution in [0.3, 0.4) is 0 Å². The third kappa shape index (κ3) is 5.36. The molecule has 3 atom stereocenters. The fourth-order valence-corrected chi connectivity index (χ4v) is 3.72. The Morgan fingerprint density at radius 1 is 1.19 bits per heavy atom. The zero-order valence-corrected chi connectivity index (χ0v) is 17.6. The standard InChI is InChI=1S/C24H26N2O5/c1-3-17(2)23(24(28)31-16-18-7-5-4-6-8-18)25-14-13-21(27)15-22(25)19-9-11-20(12-10-19)26(29)30/h4-14,17,22-23H,3,15-16H2,1-2H3/t17-,22+,23-/m0/s1. The van der Waals surface area contributed by atoms with Crippen molar-refractivity contribution in [2.75, 3.05) is 0 Å². The van der Waals surface area contributed by atoms with Crippen molar-refractivity contribution in [2.24, 2.45) is 5.92 Å². The van der Waals surface area contributed by atoms with Gasteiger partial charge >= 0.3 is 5.97 Å². The van der Waals surface area contributed by atoms with Gasteiger partial charge in [0.2, 0.25) is 0 Å². The molecule has 31 heavy (non-hydrogen) atoms. The number of esters is 1. The number of carbonyl (C=O) groups is 2. The lowest BCUT2D eigenvalue weighted by atomic mass is 9.90. The van der Waals surface area contributed by atoms with Crippen LogP contribution >= 0.6 is 0 Å². The van der Waals surface area contributed by atoms with Crippen LogP contribution in [0, 0.1) is 16.0 Å². The molecular formula is C24H26N2O5. The Balaban J connectivity index is 1.87. The van der Waals surface area contributed by atoms with Crippen LogP contribution in [0.1, 0.15) is 43.9 Å². The number of nitro groups is 1. The minimum atomic E-state index is -0.585. The minimum absolute atomic E-state index is 0.0197. The first-order chi connectivity index (χ1) is 14.9. The molecule has 162 valence electrons. The number of allylic oxidation sites excluding steroid dienone is 1. The van der Waals surface area contributed by atoms with Crippen molar-refractivity contribution >= 4 is 17.4 Å². The molecule has 0 unspecified atom stereocenters. The van der Waals surface area contributed by atoms with E-state index in [4.69, 9.17) is 4.74 Å². The van der Waals surface area contributed by atoms with Gasteiger partial charge in [0.25, 0.3) is 5.69 Å². The Morgan fingerprint density at radius 3 is 2.48 bits per heavy atom. The number of hydrogen-bond donors (Lipinski definition) is 0. The molecule has 7 heteroatoms. The number of nitrogens with zero attached hydrogens (tertiary/aromatic N) is 2. The van der Waals surface area contributed by atoms with Gasteiger partial charge in [-0.25, -0.2) is 4.79 Å². The highest BCUT2D eigenvalue weighted by Crippen LogP contribution is 2.34. The third-order valence-corrected chi connectivity index (χ3v) is 5.65. The molecule has 0 aromatic heterocycles. The Kier molecular flexibility index (Phi) is 7.18. The Bertz CT molecular complexity index is 956. The number of nitro benzene ring substituents is 1. The van der Waals surface area contributed by atoms with Crippen molar-refractivity contribution in [1.82, 2.24) is 4.90 Å². The molecule has 0 saturated carbocycles. The summed E-state index contributed by atoms with van der Waals surface area (Å²) in [4.78, 5) is 37.7. The molecule has 3 rings (SSSR count). The van der Waals surface area contributed by atoms with Crippen LogP contribution in [0.15, 0.2) is 66.9 Å². The molecule has 0 N–H and O–H groups in total. The molecule has 0 bridgehead atoms. The highest BCUT2D eigenvalue weighted by Gasteiger charge is 2.37. The molecule has 1 heterocycles. The summed E-state index contributed by atoms with van der Waals surface area (Å²) in [5.41, 5.74) is 1.62. The molecule has 1 aliphatic heterocycles. The summed E-state index contributed by atoms with van der Waals surface area (Å²) < 4.78 is 5.64. The van der Waals surface area contributed by atoms with Crippen LogP contribution in [0.2, 0.25) is 0 Å². The Hall–Kier alpha value is -3.48. The lowest BCUT2D eigenvalue weighted by Crippen LogP contribution is -2.46.